The number of hydrogen-bond acceptors (Lipinski definition) is 4. The number of ether oxygens (including phenoxy) is 2. The van der Waals surface area contributed by atoms with E-state index < -0.39 is 0 Å². The first kappa shape index (κ1) is 31.9. The Morgan fingerprint density at radius 1 is 0.394 bits per heavy atom. The molecule has 0 spiro atoms. The monoisotopic (exact) mass is 468 g/mol. The van der Waals surface area contributed by atoms with Crippen LogP contribution in [-0.2, 0) is 19.1 Å². The summed E-state index contributed by atoms with van der Waals surface area (Å²) in [6, 6.07) is 0. The lowest BCUT2D eigenvalue weighted by Gasteiger charge is -2.05. The summed E-state index contributed by atoms with van der Waals surface area (Å²) in [6.07, 6.45) is 26.7. The minimum absolute atomic E-state index is 0.0102. The maximum absolute atomic E-state index is 11.6. The second-order valence-corrected chi connectivity index (χ2v) is 9.66. The van der Waals surface area contributed by atoms with Gasteiger partial charge in [0.1, 0.15) is 0 Å². The number of esters is 2. The largest absolute Gasteiger partial charge is 0.466 e. The van der Waals surface area contributed by atoms with Gasteiger partial charge >= 0.3 is 11.9 Å². The van der Waals surface area contributed by atoms with E-state index in [2.05, 4.69) is 13.8 Å². The lowest BCUT2D eigenvalue weighted by Crippen LogP contribution is -2.05. The van der Waals surface area contributed by atoms with E-state index in [1.54, 1.807) is 0 Å². The van der Waals surface area contributed by atoms with Gasteiger partial charge in [-0.15, -0.1) is 0 Å². The molecule has 0 N–H and O–H groups in total. The standard InChI is InChI=1S/C29H56O4/c1-3-5-22-26-32-28(30)24-20-18-16-14-12-10-8-7-9-11-13-15-17-19-21-25-29(31)33-27-23-6-4-2/h3-27H2,1-2H3. The Morgan fingerprint density at radius 3 is 0.939 bits per heavy atom. The highest BCUT2D eigenvalue weighted by molar-refractivity contribution is 5.69. The van der Waals surface area contributed by atoms with Crippen LogP contribution in [-0.4, -0.2) is 25.2 Å². The highest BCUT2D eigenvalue weighted by Crippen LogP contribution is 2.14. The lowest BCUT2D eigenvalue weighted by molar-refractivity contribution is -0.144. The van der Waals surface area contributed by atoms with Crippen molar-refractivity contribution in [3.05, 3.63) is 0 Å². The third kappa shape index (κ3) is 27.1. The van der Waals surface area contributed by atoms with Crippen molar-refractivity contribution in [1.29, 1.82) is 0 Å². The maximum atomic E-state index is 11.6. The molecule has 0 aromatic carbocycles. The van der Waals surface area contributed by atoms with Crippen molar-refractivity contribution in [3.63, 3.8) is 0 Å². The third-order valence-corrected chi connectivity index (χ3v) is 6.28. The van der Waals surface area contributed by atoms with Crippen LogP contribution in [0.15, 0.2) is 0 Å². The molecule has 0 unspecified atom stereocenters. The van der Waals surface area contributed by atoms with Gasteiger partial charge in [0.2, 0.25) is 0 Å². The van der Waals surface area contributed by atoms with Gasteiger partial charge < -0.3 is 9.47 Å². The summed E-state index contributed by atoms with van der Waals surface area (Å²) in [6.45, 7) is 5.52. The van der Waals surface area contributed by atoms with Crippen molar-refractivity contribution in [2.45, 2.75) is 162 Å². The molecule has 4 heteroatoms. The molecular formula is C29H56O4. The van der Waals surface area contributed by atoms with Crippen molar-refractivity contribution in [2.75, 3.05) is 13.2 Å². The van der Waals surface area contributed by atoms with E-state index in [0.717, 1.165) is 51.4 Å². The fraction of sp³-hybridized carbons (Fsp3) is 0.931. The van der Waals surface area contributed by atoms with E-state index in [0.29, 0.717) is 26.1 Å². The van der Waals surface area contributed by atoms with Crippen LogP contribution < -0.4 is 0 Å². The molecule has 4 nitrogen and oxygen atoms in total. The van der Waals surface area contributed by atoms with Crippen LogP contribution >= 0.6 is 0 Å². The van der Waals surface area contributed by atoms with E-state index in [-0.39, 0.29) is 11.9 Å². The molecule has 0 saturated carbocycles. The summed E-state index contributed by atoms with van der Waals surface area (Å²) in [4.78, 5) is 23.2. The van der Waals surface area contributed by atoms with Gasteiger partial charge in [-0.05, 0) is 25.7 Å². The van der Waals surface area contributed by atoms with Crippen LogP contribution in [0.5, 0.6) is 0 Å². The van der Waals surface area contributed by atoms with E-state index in [1.165, 1.54) is 83.5 Å². The summed E-state index contributed by atoms with van der Waals surface area (Å²) in [5.41, 5.74) is 0. The number of carbonyl (C=O) groups is 2. The molecule has 0 aliphatic rings. The lowest BCUT2D eigenvalue weighted by atomic mass is 10.0. The highest BCUT2D eigenvalue weighted by Gasteiger charge is 2.03. The third-order valence-electron chi connectivity index (χ3n) is 6.28. The summed E-state index contributed by atoms with van der Waals surface area (Å²) in [7, 11) is 0. The SMILES string of the molecule is CCCCCOC(=O)CCCCCCCCCCCCCCCCCC(=O)OCCCCC. The van der Waals surface area contributed by atoms with E-state index in [9.17, 15) is 9.59 Å². The quantitative estimate of drug-likeness (QED) is 0.0938. The predicted molar refractivity (Wildman–Crippen MR) is 139 cm³/mol. The van der Waals surface area contributed by atoms with Crippen LogP contribution in [0.1, 0.15) is 162 Å². The normalized spacial score (nSPS) is 11.0. The molecular weight excluding hydrogens is 412 g/mol. The topological polar surface area (TPSA) is 52.6 Å². The van der Waals surface area contributed by atoms with E-state index in [1.807, 2.05) is 0 Å². The molecule has 0 rings (SSSR count). The molecule has 0 aromatic heterocycles. The Bertz CT molecular complexity index is 384. The molecule has 0 radical (unpaired) electrons. The van der Waals surface area contributed by atoms with Gasteiger partial charge in [0.25, 0.3) is 0 Å². The second kappa shape index (κ2) is 27.2. The minimum Gasteiger partial charge on any atom is -0.466 e. The Balaban J connectivity index is 3.15. The van der Waals surface area contributed by atoms with Gasteiger partial charge in [-0.2, -0.15) is 0 Å². The molecule has 33 heavy (non-hydrogen) atoms. The van der Waals surface area contributed by atoms with Crippen LogP contribution in [0.2, 0.25) is 0 Å². The molecule has 0 saturated heterocycles. The molecule has 196 valence electrons. The fourth-order valence-corrected chi connectivity index (χ4v) is 4.06. The van der Waals surface area contributed by atoms with Gasteiger partial charge in [0, 0.05) is 12.8 Å². The molecule has 0 aliphatic carbocycles. The zero-order valence-electron chi connectivity index (χ0n) is 22.3. The first-order valence-electron chi connectivity index (χ1n) is 14.5. The van der Waals surface area contributed by atoms with Crippen LogP contribution in [0.25, 0.3) is 0 Å². The summed E-state index contributed by atoms with van der Waals surface area (Å²) in [5.74, 6) is -0.0204. The first-order valence-corrected chi connectivity index (χ1v) is 14.5. The molecule has 0 aromatic rings. The first-order chi connectivity index (χ1) is 16.2. The number of carbonyl (C=O) groups excluding carboxylic acids is 2. The zero-order chi connectivity index (χ0) is 24.2. The molecule has 0 atom stereocenters. The minimum atomic E-state index is -0.0102. The molecule has 0 fully saturated rings. The molecule has 0 bridgehead atoms. The number of rotatable bonds is 26. The van der Waals surface area contributed by atoms with Gasteiger partial charge in [0.05, 0.1) is 13.2 Å². The fourth-order valence-electron chi connectivity index (χ4n) is 4.06. The summed E-state index contributed by atoms with van der Waals surface area (Å²) >= 11 is 0. The maximum Gasteiger partial charge on any atom is 0.305 e. The number of hydrogen-bond donors (Lipinski definition) is 0. The Kier molecular flexibility index (Phi) is 26.3. The van der Waals surface area contributed by atoms with E-state index >= 15 is 0 Å². The van der Waals surface area contributed by atoms with Crippen molar-refractivity contribution >= 4 is 11.9 Å². The van der Waals surface area contributed by atoms with Crippen LogP contribution in [0.4, 0.5) is 0 Å². The smallest absolute Gasteiger partial charge is 0.305 e. The average molecular weight is 469 g/mol. The Morgan fingerprint density at radius 2 is 0.667 bits per heavy atom. The van der Waals surface area contributed by atoms with Crippen molar-refractivity contribution in [1.82, 2.24) is 0 Å². The van der Waals surface area contributed by atoms with Gasteiger partial charge in [-0.25, -0.2) is 0 Å². The van der Waals surface area contributed by atoms with Gasteiger partial charge in [0.15, 0.2) is 0 Å². The Hall–Kier alpha value is -1.06. The highest BCUT2D eigenvalue weighted by atomic mass is 16.5. The van der Waals surface area contributed by atoms with Crippen molar-refractivity contribution in [3.8, 4) is 0 Å². The predicted octanol–water partition coefficient (Wildman–Crippen LogP) is 9.08. The van der Waals surface area contributed by atoms with E-state index in [4.69, 9.17) is 9.47 Å². The van der Waals surface area contributed by atoms with Crippen LogP contribution in [0.3, 0.4) is 0 Å². The molecule has 0 aliphatic heterocycles. The number of unbranched alkanes of at least 4 members (excludes halogenated alkanes) is 18. The van der Waals surface area contributed by atoms with Crippen molar-refractivity contribution < 1.29 is 19.1 Å². The Labute approximate surface area is 206 Å². The van der Waals surface area contributed by atoms with Crippen LogP contribution in [0, 0.1) is 0 Å². The van der Waals surface area contributed by atoms with Crippen molar-refractivity contribution in [2.24, 2.45) is 0 Å². The average Bonchev–Trinajstić information content (AvgIpc) is 2.81. The summed E-state index contributed by atoms with van der Waals surface area (Å²) < 4.78 is 10.5. The zero-order valence-corrected chi connectivity index (χ0v) is 22.3. The molecule has 0 amide bonds. The van der Waals surface area contributed by atoms with Gasteiger partial charge in [-0.1, -0.05) is 123 Å². The molecule has 0 heterocycles. The summed E-state index contributed by atoms with van der Waals surface area (Å²) in [5, 5.41) is 0. The second-order valence-electron chi connectivity index (χ2n) is 9.66. The van der Waals surface area contributed by atoms with Gasteiger partial charge in [-0.3, -0.25) is 9.59 Å².